The second kappa shape index (κ2) is 7.13. The first-order valence-corrected chi connectivity index (χ1v) is 8.22. The second-order valence-electron chi connectivity index (χ2n) is 6.50. The maximum Gasteiger partial charge on any atom is 0.308 e. The average molecular weight is 331 g/mol. The monoisotopic (exact) mass is 331 g/mol. The molecule has 2 atom stereocenters. The molecule has 0 radical (unpaired) electrons. The van der Waals surface area contributed by atoms with Gasteiger partial charge in [-0.25, -0.2) is 4.39 Å². The number of benzene rings is 1. The van der Waals surface area contributed by atoms with E-state index in [0.29, 0.717) is 13.1 Å². The zero-order valence-electron chi connectivity index (χ0n) is 13.7. The van der Waals surface area contributed by atoms with Crippen LogP contribution in [0.1, 0.15) is 23.5 Å². The van der Waals surface area contributed by atoms with Gasteiger partial charge in [-0.15, -0.1) is 0 Å². The van der Waals surface area contributed by atoms with Crippen LogP contribution in [0.15, 0.2) is 36.7 Å². The molecule has 128 valence electrons. The Kier molecular flexibility index (Phi) is 4.94. The minimum Gasteiger partial charge on any atom is -0.481 e. The lowest BCUT2D eigenvalue weighted by molar-refractivity contribution is -0.141. The van der Waals surface area contributed by atoms with Crippen molar-refractivity contribution in [3.8, 4) is 0 Å². The first kappa shape index (κ1) is 16.6. The van der Waals surface area contributed by atoms with Crippen LogP contribution < -0.4 is 0 Å². The summed E-state index contributed by atoms with van der Waals surface area (Å²) in [5, 5.41) is 13.8. The van der Waals surface area contributed by atoms with E-state index in [9.17, 15) is 14.3 Å². The van der Waals surface area contributed by atoms with Crippen LogP contribution in [0.3, 0.4) is 0 Å². The number of aryl methyl sites for hydroxylation is 2. The van der Waals surface area contributed by atoms with E-state index in [2.05, 4.69) is 10.00 Å². The number of carboxylic acids is 1. The van der Waals surface area contributed by atoms with Gasteiger partial charge < -0.3 is 10.0 Å². The quantitative estimate of drug-likeness (QED) is 0.884. The van der Waals surface area contributed by atoms with Crippen LogP contribution in [0.25, 0.3) is 0 Å². The molecule has 1 aliphatic heterocycles. The van der Waals surface area contributed by atoms with Crippen molar-refractivity contribution in [2.24, 2.45) is 5.92 Å². The summed E-state index contributed by atoms with van der Waals surface area (Å²) in [7, 11) is 0. The summed E-state index contributed by atoms with van der Waals surface area (Å²) in [5.41, 5.74) is 1.90. The Balaban J connectivity index is 1.61. The van der Waals surface area contributed by atoms with Crippen molar-refractivity contribution in [3.05, 3.63) is 53.6 Å². The van der Waals surface area contributed by atoms with Gasteiger partial charge in [0.25, 0.3) is 0 Å². The Morgan fingerprint density at radius 2 is 2.21 bits per heavy atom. The fourth-order valence-electron chi connectivity index (χ4n) is 3.44. The van der Waals surface area contributed by atoms with Gasteiger partial charge in [0.15, 0.2) is 0 Å². The molecule has 2 aromatic rings. The van der Waals surface area contributed by atoms with Crippen LogP contribution in [0.5, 0.6) is 0 Å². The Morgan fingerprint density at radius 3 is 2.88 bits per heavy atom. The molecule has 24 heavy (non-hydrogen) atoms. The van der Waals surface area contributed by atoms with Crippen molar-refractivity contribution < 1.29 is 14.3 Å². The molecular formula is C18H22FN3O2. The molecule has 0 spiro atoms. The van der Waals surface area contributed by atoms with Gasteiger partial charge in [-0.05, 0) is 43.1 Å². The Labute approximate surface area is 140 Å². The van der Waals surface area contributed by atoms with E-state index in [1.165, 1.54) is 12.1 Å². The summed E-state index contributed by atoms with van der Waals surface area (Å²) in [6.07, 6.45) is 4.74. The molecule has 0 bridgehead atoms. The second-order valence-corrected chi connectivity index (χ2v) is 6.50. The van der Waals surface area contributed by atoms with Gasteiger partial charge in [-0.2, -0.15) is 5.10 Å². The highest BCUT2D eigenvalue weighted by Crippen LogP contribution is 2.33. The van der Waals surface area contributed by atoms with Crippen LogP contribution in [0.4, 0.5) is 4.39 Å². The number of carboxylic acid groups (broad SMARTS) is 1. The van der Waals surface area contributed by atoms with E-state index in [-0.39, 0.29) is 11.7 Å². The normalized spacial score (nSPS) is 21.2. The van der Waals surface area contributed by atoms with Gasteiger partial charge in [0.05, 0.1) is 12.1 Å². The summed E-state index contributed by atoms with van der Waals surface area (Å²) in [5.74, 6) is -1.78. The molecular weight excluding hydrogens is 309 g/mol. The van der Waals surface area contributed by atoms with Crippen LogP contribution in [0.2, 0.25) is 0 Å². The molecule has 6 heteroatoms. The van der Waals surface area contributed by atoms with Crippen LogP contribution in [0, 0.1) is 18.7 Å². The zero-order valence-corrected chi connectivity index (χ0v) is 13.7. The molecule has 0 aliphatic carbocycles. The molecule has 0 unspecified atom stereocenters. The highest BCUT2D eigenvalue weighted by atomic mass is 19.1. The van der Waals surface area contributed by atoms with Gasteiger partial charge >= 0.3 is 5.97 Å². The average Bonchev–Trinajstić information content (AvgIpc) is 3.14. The Hall–Kier alpha value is -2.21. The molecule has 1 saturated heterocycles. The number of likely N-dealkylation sites (tertiary alicyclic amines) is 1. The van der Waals surface area contributed by atoms with Crippen LogP contribution >= 0.6 is 0 Å². The zero-order chi connectivity index (χ0) is 17.1. The predicted octanol–water partition coefficient (Wildman–Crippen LogP) is 2.52. The number of aromatic nitrogens is 2. The Morgan fingerprint density at radius 1 is 1.38 bits per heavy atom. The van der Waals surface area contributed by atoms with Crippen LogP contribution in [-0.2, 0) is 11.3 Å². The molecule has 0 amide bonds. The third-order valence-electron chi connectivity index (χ3n) is 4.61. The number of hydrogen-bond donors (Lipinski definition) is 1. The van der Waals surface area contributed by atoms with E-state index in [4.69, 9.17) is 0 Å². The lowest BCUT2D eigenvalue weighted by atomic mass is 9.89. The number of rotatable bonds is 6. The van der Waals surface area contributed by atoms with Crippen molar-refractivity contribution in [2.45, 2.75) is 25.8 Å². The fraction of sp³-hybridized carbons (Fsp3) is 0.444. The molecule has 2 heterocycles. The van der Waals surface area contributed by atoms with Gasteiger partial charge in [-0.1, -0.05) is 12.1 Å². The van der Waals surface area contributed by atoms with Crippen molar-refractivity contribution in [1.29, 1.82) is 0 Å². The number of aliphatic carboxylic acids is 1. The van der Waals surface area contributed by atoms with E-state index in [1.54, 1.807) is 6.07 Å². The molecule has 1 aliphatic rings. The van der Waals surface area contributed by atoms with E-state index in [1.807, 2.05) is 30.1 Å². The number of hydrogen-bond acceptors (Lipinski definition) is 3. The fourth-order valence-corrected chi connectivity index (χ4v) is 3.44. The third kappa shape index (κ3) is 3.82. The van der Waals surface area contributed by atoms with E-state index >= 15 is 0 Å². The predicted molar refractivity (Wildman–Crippen MR) is 88.3 cm³/mol. The van der Waals surface area contributed by atoms with E-state index in [0.717, 1.165) is 30.6 Å². The SMILES string of the molecule is Cc1cnn(CCCN2C[C@H](C(=O)O)[C@@H](c3cccc(F)c3)C2)c1. The molecule has 1 aromatic carbocycles. The van der Waals surface area contributed by atoms with Gasteiger partial charge in [0, 0.05) is 31.7 Å². The first-order valence-electron chi connectivity index (χ1n) is 8.22. The van der Waals surface area contributed by atoms with Crippen LogP contribution in [-0.4, -0.2) is 45.4 Å². The lowest BCUT2D eigenvalue weighted by Gasteiger charge is -2.16. The van der Waals surface area contributed by atoms with Crippen molar-refractivity contribution in [3.63, 3.8) is 0 Å². The molecule has 0 saturated carbocycles. The highest BCUT2D eigenvalue weighted by Gasteiger charge is 2.38. The van der Waals surface area contributed by atoms with Gasteiger partial charge in [-0.3, -0.25) is 9.48 Å². The summed E-state index contributed by atoms with van der Waals surface area (Å²) in [4.78, 5) is 13.7. The lowest BCUT2D eigenvalue weighted by Crippen LogP contribution is -2.25. The van der Waals surface area contributed by atoms with E-state index < -0.39 is 11.9 Å². The third-order valence-corrected chi connectivity index (χ3v) is 4.61. The molecule has 1 N–H and O–H groups in total. The summed E-state index contributed by atoms with van der Waals surface area (Å²) < 4.78 is 15.4. The van der Waals surface area contributed by atoms with Crippen molar-refractivity contribution in [2.75, 3.05) is 19.6 Å². The standard InChI is InChI=1S/C18H22FN3O2/c1-13-9-20-22(10-13)7-3-6-21-11-16(17(12-21)18(23)24)14-4-2-5-15(19)8-14/h2,4-5,8-10,16-17H,3,6-7,11-12H2,1H3,(H,23,24)/t16-,17+/m1/s1. The number of nitrogens with zero attached hydrogens (tertiary/aromatic N) is 3. The molecule has 3 rings (SSSR count). The molecule has 1 fully saturated rings. The Bertz CT molecular complexity index is 716. The maximum atomic E-state index is 13.5. The van der Waals surface area contributed by atoms with Gasteiger partial charge in [0.2, 0.25) is 0 Å². The number of carbonyl (C=O) groups is 1. The topological polar surface area (TPSA) is 58.4 Å². The molecule has 5 nitrogen and oxygen atoms in total. The highest BCUT2D eigenvalue weighted by molar-refractivity contribution is 5.72. The number of halogens is 1. The first-order chi connectivity index (χ1) is 11.5. The van der Waals surface area contributed by atoms with Gasteiger partial charge in [0.1, 0.15) is 5.82 Å². The summed E-state index contributed by atoms with van der Waals surface area (Å²) >= 11 is 0. The summed E-state index contributed by atoms with van der Waals surface area (Å²) in [6.45, 7) is 4.79. The van der Waals surface area contributed by atoms with Crippen molar-refractivity contribution in [1.82, 2.24) is 14.7 Å². The minimum atomic E-state index is -0.811. The molecule has 1 aromatic heterocycles. The van der Waals surface area contributed by atoms with Crippen molar-refractivity contribution >= 4 is 5.97 Å². The maximum absolute atomic E-state index is 13.5. The largest absolute Gasteiger partial charge is 0.481 e. The summed E-state index contributed by atoms with van der Waals surface area (Å²) in [6, 6.07) is 6.31. The minimum absolute atomic E-state index is 0.162. The smallest absolute Gasteiger partial charge is 0.308 e.